The second kappa shape index (κ2) is 7.22. The second-order valence-corrected chi connectivity index (χ2v) is 5.88. The summed E-state index contributed by atoms with van der Waals surface area (Å²) in [6.45, 7) is 0. The summed E-state index contributed by atoms with van der Waals surface area (Å²) in [5.41, 5.74) is 1.23. The van der Waals surface area contributed by atoms with Crippen molar-refractivity contribution in [2.75, 3.05) is 10.6 Å². The number of nitrogens with zero attached hydrogens (tertiary/aromatic N) is 1. The number of rotatable bonds is 4. The van der Waals surface area contributed by atoms with Crippen LogP contribution in [-0.4, -0.2) is 16.9 Å². The number of amides is 1. The first-order valence-electron chi connectivity index (χ1n) is 8.00. The van der Waals surface area contributed by atoms with Gasteiger partial charge in [0.05, 0.1) is 11.9 Å². The van der Waals surface area contributed by atoms with E-state index in [9.17, 15) is 9.18 Å². The van der Waals surface area contributed by atoms with Crippen molar-refractivity contribution >= 4 is 17.4 Å². The molecule has 1 fully saturated rings. The van der Waals surface area contributed by atoms with Crippen LogP contribution in [0.5, 0.6) is 0 Å². The highest BCUT2D eigenvalue weighted by atomic mass is 19.1. The fourth-order valence-electron chi connectivity index (χ4n) is 2.85. The molecule has 1 aliphatic rings. The normalized spacial score (nSPS) is 15.2. The lowest BCUT2D eigenvalue weighted by Crippen LogP contribution is -2.22. The maximum absolute atomic E-state index is 13.1. The van der Waals surface area contributed by atoms with Crippen molar-refractivity contribution in [1.29, 1.82) is 0 Å². The molecule has 1 heterocycles. The molecule has 0 unspecified atom stereocenters. The Hall–Kier alpha value is -2.43. The Bertz CT molecular complexity index is 666. The van der Waals surface area contributed by atoms with Crippen molar-refractivity contribution in [3.8, 4) is 0 Å². The van der Waals surface area contributed by atoms with Gasteiger partial charge < -0.3 is 10.6 Å². The lowest BCUT2D eigenvalue weighted by atomic mass is 9.95. The summed E-state index contributed by atoms with van der Waals surface area (Å²) in [6.07, 6.45) is 7.97. The topological polar surface area (TPSA) is 54.0 Å². The monoisotopic (exact) mass is 313 g/mol. The third kappa shape index (κ3) is 4.28. The van der Waals surface area contributed by atoms with Gasteiger partial charge >= 0.3 is 0 Å². The first kappa shape index (κ1) is 15.5. The van der Waals surface area contributed by atoms with E-state index in [4.69, 9.17) is 0 Å². The number of benzene rings is 1. The van der Waals surface area contributed by atoms with Gasteiger partial charge in [0.1, 0.15) is 11.6 Å². The zero-order chi connectivity index (χ0) is 16.1. The Kier molecular flexibility index (Phi) is 4.86. The predicted octanol–water partition coefficient (Wildman–Crippen LogP) is 4.22. The Morgan fingerprint density at radius 1 is 1.13 bits per heavy atom. The van der Waals surface area contributed by atoms with Crippen LogP contribution < -0.4 is 10.6 Å². The minimum atomic E-state index is -0.433. The first-order chi connectivity index (χ1) is 11.2. The van der Waals surface area contributed by atoms with Crippen molar-refractivity contribution in [3.63, 3.8) is 0 Å². The summed E-state index contributed by atoms with van der Waals surface area (Å²) < 4.78 is 13.1. The summed E-state index contributed by atoms with van der Waals surface area (Å²) in [7, 11) is 0. The van der Waals surface area contributed by atoms with Crippen molar-refractivity contribution in [1.82, 2.24) is 4.98 Å². The van der Waals surface area contributed by atoms with Crippen LogP contribution in [0.3, 0.4) is 0 Å². The molecule has 1 amide bonds. The summed E-state index contributed by atoms with van der Waals surface area (Å²) in [6, 6.07) is 9.75. The minimum absolute atomic E-state index is 0.274. The Balaban J connectivity index is 1.59. The van der Waals surface area contributed by atoms with E-state index in [1.807, 2.05) is 6.07 Å². The fourth-order valence-corrected chi connectivity index (χ4v) is 2.85. The van der Waals surface area contributed by atoms with E-state index in [-0.39, 0.29) is 11.5 Å². The average molecular weight is 313 g/mol. The van der Waals surface area contributed by atoms with Crippen LogP contribution in [0.15, 0.2) is 42.6 Å². The molecule has 4 nitrogen and oxygen atoms in total. The van der Waals surface area contributed by atoms with Crippen LogP contribution in [0, 0.1) is 5.82 Å². The molecule has 0 atom stereocenters. The van der Waals surface area contributed by atoms with Gasteiger partial charge in [-0.05, 0) is 43.2 Å². The third-order valence-corrected chi connectivity index (χ3v) is 4.07. The van der Waals surface area contributed by atoms with E-state index in [2.05, 4.69) is 15.6 Å². The fraction of sp³-hybridized carbons (Fsp3) is 0.333. The lowest BCUT2D eigenvalue weighted by molar-refractivity contribution is 0.102. The summed E-state index contributed by atoms with van der Waals surface area (Å²) in [5.74, 6) is -0.351. The molecule has 0 bridgehead atoms. The van der Waals surface area contributed by atoms with Gasteiger partial charge in [-0.25, -0.2) is 9.37 Å². The smallest absolute Gasteiger partial charge is 0.256 e. The molecule has 1 aromatic carbocycles. The molecule has 1 saturated carbocycles. The zero-order valence-electron chi connectivity index (χ0n) is 12.9. The molecule has 0 radical (unpaired) electrons. The molecule has 0 spiro atoms. The van der Waals surface area contributed by atoms with Gasteiger partial charge in [-0.3, -0.25) is 4.79 Å². The standard InChI is InChI=1S/C18H20FN3O/c19-14-6-4-5-13(11-14)18(23)22-17-10-9-16(12-20-17)21-15-7-2-1-3-8-15/h4-6,9-12,15,21H,1-3,7-8H2,(H,20,22,23). The van der Waals surface area contributed by atoms with E-state index < -0.39 is 5.82 Å². The quantitative estimate of drug-likeness (QED) is 0.888. The molecule has 23 heavy (non-hydrogen) atoms. The maximum Gasteiger partial charge on any atom is 0.256 e. The average Bonchev–Trinajstić information content (AvgIpc) is 2.57. The van der Waals surface area contributed by atoms with Gasteiger partial charge in [0.25, 0.3) is 5.91 Å². The van der Waals surface area contributed by atoms with E-state index in [0.717, 1.165) is 5.69 Å². The van der Waals surface area contributed by atoms with E-state index in [1.54, 1.807) is 18.3 Å². The number of aromatic nitrogens is 1. The van der Waals surface area contributed by atoms with E-state index in [1.165, 1.54) is 50.3 Å². The molecule has 1 aromatic heterocycles. The van der Waals surface area contributed by atoms with Crippen LogP contribution in [0.4, 0.5) is 15.9 Å². The molecule has 120 valence electrons. The number of halogens is 1. The largest absolute Gasteiger partial charge is 0.381 e. The number of carbonyl (C=O) groups excluding carboxylic acids is 1. The lowest BCUT2D eigenvalue weighted by Gasteiger charge is -2.23. The Morgan fingerprint density at radius 3 is 2.65 bits per heavy atom. The van der Waals surface area contributed by atoms with Gasteiger partial charge in [0.15, 0.2) is 0 Å². The van der Waals surface area contributed by atoms with Crippen LogP contribution in [0.25, 0.3) is 0 Å². The van der Waals surface area contributed by atoms with Gasteiger partial charge in [0.2, 0.25) is 0 Å². The third-order valence-electron chi connectivity index (χ3n) is 4.07. The minimum Gasteiger partial charge on any atom is -0.381 e. The number of hydrogen-bond acceptors (Lipinski definition) is 3. The SMILES string of the molecule is O=C(Nc1ccc(NC2CCCCC2)cn1)c1cccc(F)c1. The van der Waals surface area contributed by atoms with Gasteiger partial charge in [-0.1, -0.05) is 25.3 Å². The van der Waals surface area contributed by atoms with E-state index >= 15 is 0 Å². The molecular formula is C18H20FN3O. The first-order valence-corrected chi connectivity index (χ1v) is 8.00. The van der Waals surface area contributed by atoms with Crippen molar-refractivity contribution in [2.45, 2.75) is 38.1 Å². The number of hydrogen-bond donors (Lipinski definition) is 2. The molecule has 1 aliphatic carbocycles. The van der Waals surface area contributed by atoms with Crippen LogP contribution in [0.2, 0.25) is 0 Å². The molecule has 5 heteroatoms. The number of nitrogens with one attached hydrogen (secondary N) is 2. The van der Waals surface area contributed by atoms with Crippen molar-refractivity contribution < 1.29 is 9.18 Å². The number of pyridine rings is 1. The summed E-state index contributed by atoms with van der Waals surface area (Å²) >= 11 is 0. The van der Waals surface area contributed by atoms with Crippen LogP contribution in [-0.2, 0) is 0 Å². The van der Waals surface area contributed by atoms with Gasteiger partial charge in [-0.2, -0.15) is 0 Å². The number of carbonyl (C=O) groups is 1. The highest BCUT2D eigenvalue weighted by Crippen LogP contribution is 2.21. The molecular weight excluding hydrogens is 293 g/mol. The van der Waals surface area contributed by atoms with Gasteiger partial charge in [0, 0.05) is 11.6 Å². The van der Waals surface area contributed by atoms with Crippen LogP contribution in [0.1, 0.15) is 42.5 Å². The summed E-state index contributed by atoms with van der Waals surface area (Å²) in [5, 5.41) is 6.15. The summed E-state index contributed by atoms with van der Waals surface area (Å²) in [4.78, 5) is 16.3. The highest BCUT2D eigenvalue weighted by Gasteiger charge is 2.13. The zero-order valence-corrected chi connectivity index (χ0v) is 12.9. The molecule has 2 N–H and O–H groups in total. The van der Waals surface area contributed by atoms with Crippen LogP contribution >= 0.6 is 0 Å². The highest BCUT2D eigenvalue weighted by molar-refractivity contribution is 6.03. The molecule has 2 aromatic rings. The Morgan fingerprint density at radius 2 is 1.96 bits per heavy atom. The molecule has 3 rings (SSSR count). The Labute approximate surface area is 135 Å². The molecule has 0 saturated heterocycles. The van der Waals surface area contributed by atoms with Crippen molar-refractivity contribution in [3.05, 3.63) is 54.0 Å². The van der Waals surface area contributed by atoms with E-state index in [0.29, 0.717) is 11.9 Å². The van der Waals surface area contributed by atoms with Gasteiger partial charge in [-0.15, -0.1) is 0 Å². The second-order valence-electron chi connectivity index (χ2n) is 5.88. The number of anilines is 2. The molecule has 0 aliphatic heterocycles. The maximum atomic E-state index is 13.1. The predicted molar refractivity (Wildman–Crippen MR) is 89.1 cm³/mol. The van der Waals surface area contributed by atoms with Crippen molar-refractivity contribution in [2.24, 2.45) is 0 Å².